The second-order valence-electron chi connectivity index (χ2n) is 8.87. The van der Waals surface area contributed by atoms with Gasteiger partial charge in [-0.1, -0.05) is 68.8 Å². The molecule has 2 amide bonds. The maximum Gasteiger partial charge on any atom is 0.407 e. The van der Waals surface area contributed by atoms with Gasteiger partial charge in [-0.15, -0.1) is 0 Å². The number of rotatable bonds is 8. The zero-order valence-corrected chi connectivity index (χ0v) is 19.3. The molecule has 2 aromatic carbocycles. The fraction of sp³-hybridized carbons (Fsp3) is 0.423. The number of fused-ring (bicyclic) bond motifs is 3. The van der Waals surface area contributed by atoms with Crippen LogP contribution in [-0.2, 0) is 19.1 Å². The highest BCUT2D eigenvalue weighted by molar-refractivity contribution is 5.87. The molecule has 180 valence electrons. The van der Waals surface area contributed by atoms with Gasteiger partial charge in [0.15, 0.2) is 6.10 Å². The van der Waals surface area contributed by atoms with Gasteiger partial charge in [0, 0.05) is 12.5 Å². The number of hydrogen-bond acceptors (Lipinski definition) is 5. The Morgan fingerprint density at radius 1 is 1.09 bits per heavy atom. The number of alkyl carbamates (subject to hydrolysis) is 1. The van der Waals surface area contributed by atoms with Crippen molar-refractivity contribution in [2.24, 2.45) is 5.92 Å². The lowest BCUT2D eigenvalue weighted by molar-refractivity contribution is -0.148. The molecule has 1 heterocycles. The Balaban J connectivity index is 1.41. The van der Waals surface area contributed by atoms with Crippen molar-refractivity contribution < 1.29 is 29.0 Å². The summed E-state index contributed by atoms with van der Waals surface area (Å²) in [4.78, 5) is 37.0. The van der Waals surface area contributed by atoms with E-state index < -0.39 is 36.2 Å². The number of nitrogens with one attached hydrogen (secondary N) is 2. The standard InChI is InChI=1S/C26H30N2O6/c1-3-15(2)22(24(29)27-21-12-13-33-23(21)25(30)31)28-26(32)34-14-20-18-10-6-4-8-16(18)17-9-5-7-11-19(17)20/h4-11,15,20-23H,3,12-14H2,1-2H3,(H,27,29)(H,28,32)(H,30,31). The first-order valence-corrected chi connectivity index (χ1v) is 11.7. The van der Waals surface area contributed by atoms with Crippen molar-refractivity contribution in [2.75, 3.05) is 13.2 Å². The zero-order chi connectivity index (χ0) is 24.2. The molecule has 2 aromatic rings. The number of carbonyl (C=O) groups excluding carboxylic acids is 2. The first-order chi connectivity index (χ1) is 16.4. The van der Waals surface area contributed by atoms with Crippen LogP contribution >= 0.6 is 0 Å². The average molecular weight is 467 g/mol. The van der Waals surface area contributed by atoms with Gasteiger partial charge in [0.1, 0.15) is 12.6 Å². The third-order valence-electron chi connectivity index (χ3n) is 6.78. The lowest BCUT2D eigenvalue weighted by atomic mass is 9.97. The van der Waals surface area contributed by atoms with E-state index >= 15 is 0 Å². The Hall–Kier alpha value is -3.39. The molecular formula is C26H30N2O6. The van der Waals surface area contributed by atoms with Gasteiger partial charge in [-0.05, 0) is 34.6 Å². The van der Waals surface area contributed by atoms with Crippen molar-refractivity contribution in [1.29, 1.82) is 0 Å². The van der Waals surface area contributed by atoms with E-state index in [1.807, 2.05) is 50.2 Å². The predicted molar refractivity (Wildman–Crippen MR) is 125 cm³/mol. The Kier molecular flexibility index (Phi) is 7.17. The minimum atomic E-state index is -1.12. The lowest BCUT2D eigenvalue weighted by Gasteiger charge is -2.26. The van der Waals surface area contributed by atoms with Crippen molar-refractivity contribution in [2.45, 2.75) is 50.8 Å². The van der Waals surface area contributed by atoms with Crippen molar-refractivity contribution in [3.05, 3.63) is 59.7 Å². The van der Waals surface area contributed by atoms with Crippen molar-refractivity contribution in [3.63, 3.8) is 0 Å². The third-order valence-corrected chi connectivity index (χ3v) is 6.78. The Bertz CT molecular complexity index is 1030. The normalized spacial score (nSPS) is 20.6. The average Bonchev–Trinajstić information content (AvgIpc) is 3.43. The molecule has 1 fully saturated rings. The summed E-state index contributed by atoms with van der Waals surface area (Å²) in [5.74, 6) is -1.82. The molecule has 1 saturated heterocycles. The molecule has 1 aliphatic carbocycles. The van der Waals surface area contributed by atoms with Gasteiger partial charge in [-0.25, -0.2) is 9.59 Å². The van der Waals surface area contributed by atoms with Crippen molar-refractivity contribution in [1.82, 2.24) is 10.6 Å². The van der Waals surface area contributed by atoms with Crippen LogP contribution in [0, 0.1) is 5.92 Å². The third kappa shape index (κ3) is 4.77. The fourth-order valence-electron chi connectivity index (χ4n) is 4.72. The molecule has 0 spiro atoms. The molecule has 3 N–H and O–H groups in total. The van der Waals surface area contributed by atoms with E-state index in [4.69, 9.17) is 9.47 Å². The molecule has 4 atom stereocenters. The molecule has 8 heteroatoms. The van der Waals surface area contributed by atoms with Gasteiger partial charge < -0.3 is 25.2 Å². The van der Waals surface area contributed by atoms with Crippen molar-refractivity contribution in [3.8, 4) is 11.1 Å². The molecule has 1 aliphatic heterocycles. The van der Waals surface area contributed by atoms with E-state index in [0.717, 1.165) is 22.3 Å². The van der Waals surface area contributed by atoms with Gasteiger partial charge in [0.25, 0.3) is 0 Å². The number of aliphatic carboxylic acids is 1. The van der Waals surface area contributed by atoms with E-state index in [1.165, 1.54) is 0 Å². The number of hydrogen-bond donors (Lipinski definition) is 3. The molecular weight excluding hydrogens is 436 g/mol. The molecule has 2 aliphatic rings. The Morgan fingerprint density at radius 3 is 2.29 bits per heavy atom. The molecule has 0 saturated carbocycles. The molecule has 8 nitrogen and oxygen atoms in total. The minimum absolute atomic E-state index is 0.0824. The van der Waals surface area contributed by atoms with Crippen molar-refractivity contribution >= 4 is 18.0 Å². The summed E-state index contributed by atoms with van der Waals surface area (Å²) in [6.45, 7) is 4.18. The van der Waals surface area contributed by atoms with Crippen LogP contribution in [0.5, 0.6) is 0 Å². The molecule has 0 aromatic heterocycles. The van der Waals surface area contributed by atoms with Gasteiger partial charge in [-0.3, -0.25) is 4.79 Å². The van der Waals surface area contributed by atoms with E-state index in [2.05, 4.69) is 22.8 Å². The van der Waals surface area contributed by atoms with Gasteiger partial charge >= 0.3 is 12.1 Å². The molecule has 4 unspecified atom stereocenters. The van der Waals surface area contributed by atoms with Crippen LogP contribution in [0.2, 0.25) is 0 Å². The number of carbonyl (C=O) groups is 3. The van der Waals surface area contributed by atoms with Crippen LogP contribution < -0.4 is 10.6 Å². The summed E-state index contributed by atoms with van der Waals surface area (Å²) in [6, 6.07) is 14.6. The highest BCUT2D eigenvalue weighted by Crippen LogP contribution is 2.44. The number of carboxylic acids is 1. The maximum absolute atomic E-state index is 13.0. The summed E-state index contributed by atoms with van der Waals surface area (Å²) < 4.78 is 10.8. The number of carboxylic acid groups (broad SMARTS) is 1. The largest absolute Gasteiger partial charge is 0.479 e. The summed E-state index contributed by atoms with van der Waals surface area (Å²) in [5, 5.41) is 14.7. The molecule has 0 radical (unpaired) electrons. The van der Waals surface area contributed by atoms with E-state index in [1.54, 1.807) is 0 Å². The molecule has 34 heavy (non-hydrogen) atoms. The molecule has 0 bridgehead atoms. The first kappa shape index (κ1) is 23.8. The van der Waals surface area contributed by atoms with E-state index in [-0.39, 0.29) is 25.0 Å². The lowest BCUT2D eigenvalue weighted by Crippen LogP contribution is -2.54. The van der Waals surface area contributed by atoms with Crippen LogP contribution in [-0.4, -0.2) is 54.5 Å². The van der Waals surface area contributed by atoms with Gasteiger partial charge in [-0.2, -0.15) is 0 Å². The smallest absolute Gasteiger partial charge is 0.407 e. The second-order valence-corrected chi connectivity index (χ2v) is 8.87. The molecule has 4 rings (SSSR count). The van der Waals surface area contributed by atoms with Crippen LogP contribution in [0.15, 0.2) is 48.5 Å². The number of benzene rings is 2. The first-order valence-electron chi connectivity index (χ1n) is 11.7. The van der Waals surface area contributed by atoms with E-state index in [0.29, 0.717) is 12.8 Å². The predicted octanol–water partition coefficient (Wildman–Crippen LogP) is 3.30. The number of ether oxygens (including phenoxy) is 2. The van der Waals surface area contributed by atoms with E-state index in [9.17, 15) is 19.5 Å². The highest BCUT2D eigenvalue weighted by atomic mass is 16.5. The van der Waals surface area contributed by atoms with Gasteiger partial charge in [0.2, 0.25) is 5.91 Å². The zero-order valence-electron chi connectivity index (χ0n) is 19.3. The maximum atomic E-state index is 13.0. The topological polar surface area (TPSA) is 114 Å². The summed E-state index contributed by atoms with van der Waals surface area (Å²) >= 11 is 0. The summed E-state index contributed by atoms with van der Waals surface area (Å²) in [6.07, 6.45) is -0.720. The van der Waals surface area contributed by atoms with Crippen LogP contribution in [0.4, 0.5) is 4.79 Å². The quantitative estimate of drug-likeness (QED) is 0.550. The Labute approximate surface area is 198 Å². The fourth-order valence-corrected chi connectivity index (χ4v) is 4.72. The van der Waals surface area contributed by atoms with Crippen LogP contribution in [0.25, 0.3) is 11.1 Å². The minimum Gasteiger partial charge on any atom is -0.479 e. The number of amides is 2. The van der Waals surface area contributed by atoms with Crippen LogP contribution in [0.3, 0.4) is 0 Å². The summed E-state index contributed by atoms with van der Waals surface area (Å²) in [5.41, 5.74) is 4.48. The SMILES string of the molecule is CCC(C)C(NC(=O)OCC1c2ccccc2-c2ccccc21)C(=O)NC1CCOC1C(=O)O. The highest BCUT2D eigenvalue weighted by Gasteiger charge is 2.38. The van der Waals surface area contributed by atoms with Crippen LogP contribution in [0.1, 0.15) is 43.7 Å². The monoisotopic (exact) mass is 466 g/mol. The summed E-state index contributed by atoms with van der Waals surface area (Å²) in [7, 11) is 0. The van der Waals surface area contributed by atoms with Gasteiger partial charge in [0.05, 0.1) is 6.04 Å². The second kappa shape index (κ2) is 10.3. The Morgan fingerprint density at radius 2 is 1.71 bits per heavy atom.